The van der Waals surface area contributed by atoms with Crippen molar-refractivity contribution in [2.75, 3.05) is 0 Å². The smallest absolute Gasteiger partial charge is 0.118 e. The van der Waals surface area contributed by atoms with Crippen LogP contribution in [-0.2, 0) is 6.42 Å². The van der Waals surface area contributed by atoms with Gasteiger partial charge in [-0.1, -0.05) is 25.1 Å². The first-order valence-corrected chi connectivity index (χ1v) is 3.44. The second-order valence-corrected chi connectivity index (χ2v) is 1.98. The molecule has 0 aromatic heterocycles. The predicted molar refractivity (Wildman–Crippen MR) is 45.9 cm³/mol. The summed E-state index contributed by atoms with van der Waals surface area (Å²) < 4.78 is 0. The van der Waals surface area contributed by atoms with Crippen LogP contribution < -0.4 is 11.7 Å². The molecule has 0 fully saturated rings. The van der Waals surface area contributed by atoms with Gasteiger partial charge in [0.05, 0.1) is 0 Å². The minimum atomic E-state index is 0.403. The lowest BCUT2D eigenvalue weighted by Gasteiger charge is -1.97. The molecule has 0 aliphatic rings. The maximum atomic E-state index is 9.11. The SMILES string of the molecule is CCc1ccccc1O.NN. The minimum Gasteiger partial charge on any atom is -0.508 e. The molecule has 0 amide bonds. The van der Waals surface area contributed by atoms with Crippen molar-refractivity contribution in [2.45, 2.75) is 13.3 Å². The van der Waals surface area contributed by atoms with Crippen molar-refractivity contribution in [3.05, 3.63) is 29.8 Å². The van der Waals surface area contributed by atoms with Gasteiger partial charge in [-0.3, -0.25) is 11.7 Å². The molecule has 0 unspecified atom stereocenters. The van der Waals surface area contributed by atoms with Crippen molar-refractivity contribution in [3.8, 4) is 5.75 Å². The lowest BCUT2D eigenvalue weighted by atomic mass is 10.1. The van der Waals surface area contributed by atoms with E-state index in [1.165, 1.54) is 0 Å². The lowest BCUT2D eigenvalue weighted by molar-refractivity contribution is 0.469. The number of aromatic hydroxyl groups is 1. The van der Waals surface area contributed by atoms with E-state index in [-0.39, 0.29) is 0 Å². The molecule has 1 aromatic carbocycles. The molecule has 5 N–H and O–H groups in total. The molecule has 3 heteroatoms. The zero-order chi connectivity index (χ0) is 8.69. The number of benzene rings is 1. The lowest BCUT2D eigenvalue weighted by Crippen LogP contribution is -2.02. The number of phenols is 1. The molecular weight excluding hydrogens is 140 g/mol. The van der Waals surface area contributed by atoms with Gasteiger partial charge in [0.2, 0.25) is 0 Å². The summed E-state index contributed by atoms with van der Waals surface area (Å²) in [6.45, 7) is 2.02. The van der Waals surface area contributed by atoms with Gasteiger partial charge >= 0.3 is 0 Å². The summed E-state index contributed by atoms with van der Waals surface area (Å²) in [5.41, 5.74) is 1.01. The zero-order valence-electron chi connectivity index (χ0n) is 6.62. The minimum absolute atomic E-state index is 0.403. The summed E-state index contributed by atoms with van der Waals surface area (Å²) in [6, 6.07) is 7.39. The third kappa shape index (κ3) is 3.02. The molecular formula is C8H14N2O. The summed E-state index contributed by atoms with van der Waals surface area (Å²) in [4.78, 5) is 0. The van der Waals surface area contributed by atoms with Crippen molar-refractivity contribution in [3.63, 3.8) is 0 Å². The molecule has 0 spiro atoms. The highest BCUT2D eigenvalue weighted by molar-refractivity contribution is 5.31. The molecule has 1 rings (SSSR count). The first-order chi connectivity index (χ1) is 5.34. The van der Waals surface area contributed by atoms with Crippen LogP contribution in [0.1, 0.15) is 12.5 Å². The van der Waals surface area contributed by atoms with E-state index in [4.69, 9.17) is 5.11 Å². The zero-order valence-corrected chi connectivity index (χ0v) is 6.62. The molecule has 0 heterocycles. The van der Waals surface area contributed by atoms with Crippen molar-refractivity contribution in [2.24, 2.45) is 11.7 Å². The summed E-state index contributed by atoms with van der Waals surface area (Å²) in [7, 11) is 0. The molecule has 3 nitrogen and oxygen atoms in total. The maximum absolute atomic E-state index is 9.11. The predicted octanol–water partition coefficient (Wildman–Crippen LogP) is 0.773. The highest BCUT2D eigenvalue weighted by atomic mass is 16.3. The van der Waals surface area contributed by atoms with Crippen LogP contribution in [0.15, 0.2) is 24.3 Å². The first kappa shape index (κ1) is 9.94. The Kier molecular flexibility index (Phi) is 5.15. The van der Waals surface area contributed by atoms with E-state index < -0.39 is 0 Å². The molecule has 11 heavy (non-hydrogen) atoms. The van der Waals surface area contributed by atoms with Gasteiger partial charge in [0, 0.05) is 0 Å². The number of para-hydroxylation sites is 1. The fourth-order valence-corrected chi connectivity index (χ4v) is 0.810. The second-order valence-electron chi connectivity index (χ2n) is 1.98. The van der Waals surface area contributed by atoms with E-state index in [9.17, 15) is 0 Å². The van der Waals surface area contributed by atoms with Gasteiger partial charge in [-0.15, -0.1) is 0 Å². The topological polar surface area (TPSA) is 72.3 Å². The van der Waals surface area contributed by atoms with E-state index in [1.54, 1.807) is 6.07 Å². The molecule has 0 atom stereocenters. The number of nitrogens with two attached hydrogens (primary N) is 2. The molecule has 0 aliphatic carbocycles. The Hall–Kier alpha value is -1.06. The Morgan fingerprint density at radius 1 is 1.27 bits per heavy atom. The van der Waals surface area contributed by atoms with Gasteiger partial charge in [-0.05, 0) is 18.1 Å². The number of hydrogen-bond acceptors (Lipinski definition) is 3. The van der Waals surface area contributed by atoms with Crippen LogP contribution in [0.3, 0.4) is 0 Å². The maximum Gasteiger partial charge on any atom is 0.118 e. The van der Waals surface area contributed by atoms with Crippen LogP contribution in [-0.4, -0.2) is 5.11 Å². The first-order valence-electron chi connectivity index (χ1n) is 3.44. The Morgan fingerprint density at radius 3 is 2.18 bits per heavy atom. The Balaban J connectivity index is 0.000000461. The number of hydrogen-bond donors (Lipinski definition) is 3. The average molecular weight is 154 g/mol. The molecule has 1 aromatic rings. The Morgan fingerprint density at radius 2 is 1.82 bits per heavy atom. The molecule has 0 saturated heterocycles. The second kappa shape index (κ2) is 5.70. The van der Waals surface area contributed by atoms with Crippen LogP contribution in [0.4, 0.5) is 0 Å². The molecule has 0 saturated carbocycles. The van der Waals surface area contributed by atoms with E-state index in [2.05, 4.69) is 11.7 Å². The van der Waals surface area contributed by atoms with E-state index in [1.807, 2.05) is 25.1 Å². The van der Waals surface area contributed by atoms with Crippen LogP contribution in [0.5, 0.6) is 5.75 Å². The van der Waals surface area contributed by atoms with E-state index in [0.717, 1.165) is 12.0 Å². The van der Waals surface area contributed by atoms with Crippen LogP contribution in [0, 0.1) is 0 Å². The Labute approximate surface area is 66.6 Å². The number of aryl methyl sites for hydroxylation is 1. The normalized spacial score (nSPS) is 8.27. The van der Waals surface area contributed by atoms with Gasteiger partial charge in [-0.2, -0.15) is 0 Å². The molecule has 0 aliphatic heterocycles. The van der Waals surface area contributed by atoms with Gasteiger partial charge in [0.25, 0.3) is 0 Å². The number of phenolic OH excluding ortho intramolecular Hbond substituents is 1. The van der Waals surface area contributed by atoms with Gasteiger partial charge in [-0.25, -0.2) is 0 Å². The van der Waals surface area contributed by atoms with Crippen LogP contribution in [0.25, 0.3) is 0 Å². The van der Waals surface area contributed by atoms with Crippen LogP contribution >= 0.6 is 0 Å². The quantitative estimate of drug-likeness (QED) is 0.413. The van der Waals surface area contributed by atoms with Crippen LogP contribution in [0.2, 0.25) is 0 Å². The number of hydrazine groups is 1. The van der Waals surface area contributed by atoms with E-state index >= 15 is 0 Å². The standard InChI is InChI=1S/C8H10O.H4N2/c1-2-7-5-3-4-6-8(7)9;1-2/h3-6,9H,2H2,1H3;1-2H2. The largest absolute Gasteiger partial charge is 0.508 e. The molecule has 62 valence electrons. The molecule has 0 bridgehead atoms. The van der Waals surface area contributed by atoms with Gasteiger partial charge < -0.3 is 5.11 Å². The summed E-state index contributed by atoms with van der Waals surface area (Å²) >= 11 is 0. The summed E-state index contributed by atoms with van der Waals surface area (Å²) in [5.74, 6) is 8.40. The van der Waals surface area contributed by atoms with Gasteiger partial charge in [0.1, 0.15) is 5.75 Å². The van der Waals surface area contributed by atoms with Crippen molar-refractivity contribution >= 4 is 0 Å². The van der Waals surface area contributed by atoms with Crippen molar-refractivity contribution in [1.82, 2.24) is 0 Å². The highest BCUT2D eigenvalue weighted by Crippen LogP contribution is 2.14. The third-order valence-corrected chi connectivity index (χ3v) is 1.37. The number of rotatable bonds is 1. The van der Waals surface area contributed by atoms with Gasteiger partial charge in [0.15, 0.2) is 0 Å². The third-order valence-electron chi connectivity index (χ3n) is 1.37. The summed E-state index contributed by atoms with van der Waals surface area (Å²) in [5, 5.41) is 9.11. The van der Waals surface area contributed by atoms with Crippen molar-refractivity contribution < 1.29 is 5.11 Å². The summed E-state index contributed by atoms with van der Waals surface area (Å²) in [6.07, 6.45) is 0.896. The highest BCUT2D eigenvalue weighted by Gasteiger charge is 1.92. The fraction of sp³-hybridized carbons (Fsp3) is 0.250. The monoisotopic (exact) mass is 154 g/mol. The molecule has 0 radical (unpaired) electrons. The fourth-order valence-electron chi connectivity index (χ4n) is 0.810. The van der Waals surface area contributed by atoms with E-state index in [0.29, 0.717) is 5.75 Å². The Bertz CT molecular complexity index is 201. The average Bonchev–Trinajstić information content (AvgIpc) is 2.09. The van der Waals surface area contributed by atoms with Crippen molar-refractivity contribution in [1.29, 1.82) is 0 Å².